The summed E-state index contributed by atoms with van der Waals surface area (Å²) in [6.07, 6.45) is 2.11. The minimum Gasteiger partial charge on any atom is -0.335 e. The smallest absolute Gasteiger partial charge is 0.259 e. The molecule has 0 aliphatic heterocycles. The fourth-order valence-corrected chi connectivity index (χ4v) is 3.54. The molecule has 6 nitrogen and oxygen atoms in total. The zero-order valence-corrected chi connectivity index (χ0v) is 16.4. The van der Waals surface area contributed by atoms with Crippen LogP contribution in [0.2, 0.25) is 0 Å². The van der Waals surface area contributed by atoms with Crippen molar-refractivity contribution in [1.29, 1.82) is 0 Å². The normalized spacial score (nSPS) is 13.4. The second kappa shape index (κ2) is 7.22. The van der Waals surface area contributed by atoms with Crippen LogP contribution in [-0.2, 0) is 0 Å². The summed E-state index contributed by atoms with van der Waals surface area (Å²) < 4.78 is 5.53. The number of benzene rings is 2. The van der Waals surface area contributed by atoms with Crippen LogP contribution in [0.4, 0.5) is 5.69 Å². The summed E-state index contributed by atoms with van der Waals surface area (Å²) in [6.45, 7) is 1.50. The van der Waals surface area contributed by atoms with Crippen molar-refractivity contribution in [3.8, 4) is 11.3 Å². The van der Waals surface area contributed by atoms with Crippen LogP contribution >= 0.6 is 0 Å². The molecule has 0 unspecified atom stereocenters. The number of nitrogens with one attached hydrogen (secondary N) is 1. The lowest BCUT2D eigenvalue weighted by Crippen LogP contribution is -2.14. The second-order valence-corrected chi connectivity index (χ2v) is 7.54. The Labute approximate surface area is 172 Å². The van der Waals surface area contributed by atoms with Gasteiger partial charge in [-0.15, -0.1) is 0 Å². The summed E-state index contributed by atoms with van der Waals surface area (Å²) in [5.41, 5.74) is 4.22. The SMILES string of the molecule is CC(=O)c1cccc(NC(=O)c2cc(C3CC3)nc3onc(-c4ccccc4)c23)c1. The van der Waals surface area contributed by atoms with Gasteiger partial charge in [0.25, 0.3) is 11.6 Å². The van der Waals surface area contributed by atoms with Gasteiger partial charge in [0.15, 0.2) is 5.78 Å². The van der Waals surface area contributed by atoms with Gasteiger partial charge in [-0.1, -0.05) is 47.6 Å². The quantitative estimate of drug-likeness (QED) is 0.467. The van der Waals surface area contributed by atoms with Crippen LogP contribution in [0.5, 0.6) is 0 Å². The van der Waals surface area contributed by atoms with Gasteiger partial charge in [0, 0.05) is 28.4 Å². The number of amides is 1. The van der Waals surface area contributed by atoms with E-state index in [0.717, 1.165) is 24.1 Å². The van der Waals surface area contributed by atoms with Crippen LogP contribution in [0.25, 0.3) is 22.4 Å². The third-order valence-electron chi connectivity index (χ3n) is 5.28. The highest BCUT2D eigenvalue weighted by Crippen LogP contribution is 2.41. The molecule has 0 spiro atoms. The van der Waals surface area contributed by atoms with Crippen LogP contribution in [0, 0.1) is 0 Å². The maximum Gasteiger partial charge on any atom is 0.259 e. The second-order valence-electron chi connectivity index (χ2n) is 7.54. The van der Waals surface area contributed by atoms with E-state index in [0.29, 0.717) is 39.5 Å². The number of carbonyl (C=O) groups is 2. The Bertz CT molecular complexity index is 1270. The number of anilines is 1. The molecule has 1 aliphatic carbocycles. The zero-order chi connectivity index (χ0) is 20.7. The number of hydrogen-bond donors (Lipinski definition) is 1. The van der Waals surface area contributed by atoms with Crippen LogP contribution < -0.4 is 5.32 Å². The van der Waals surface area contributed by atoms with E-state index in [1.165, 1.54) is 6.92 Å². The first-order valence-corrected chi connectivity index (χ1v) is 9.88. The van der Waals surface area contributed by atoms with Gasteiger partial charge in [-0.3, -0.25) is 9.59 Å². The maximum atomic E-state index is 13.3. The Morgan fingerprint density at radius 1 is 1.03 bits per heavy atom. The van der Waals surface area contributed by atoms with Crippen molar-refractivity contribution in [2.75, 3.05) is 5.32 Å². The largest absolute Gasteiger partial charge is 0.335 e. The molecule has 1 fully saturated rings. The van der Waals surface area contributed by atoms with Crippen molar-refractivity contribution in [3.63, 3.8) is 0 Å². The van der Waals surface area contributed by atoms with E-state index in [1.807, 2.05) is 36.4 Å². The average Bonchev–Trinajstić information content (AvgIpc) is 3.53. The summed E-state index contributed by atoms with van der Waals surface area (Å²) in [4.78, 5) is 29.6. The van der Waals surface area contributed by atoms with E-state index in [2.05, 4.69) is 15.5 Å². The molecule has 1 N–H and O–H groups in total. The number of Topliss-reactive ketones (excluding diaryl/α,β-unsaturated/α-hetero) is 1. The molecule has 1 saturated carbocycles. The Hall–Kier alpha value is -3.80. The number of rotatable bonds is 5. The Kier molecular flexibility index (Phi) is 4.39. The summed E-state index contributed by atoms with van der Waals surface area (Å²) >= 11 is 0. The summed E-state index contributed by atoms with van der Waals surface area (Å²) in [6, 6.07) is 18.3. The molecule has 148 valence electrons. The molecule has 1 amide bonds. The molecule has 2 aromatic carbocycles. The van der Waals surface area contributed by atoms with Gasteiger partial charge in [-0.2, -0.15) is 0 Å². The van der Waals surface area contributed by atoms with Gasteiger partial charge in [0.05, 0.1) is 10.9 Å². The topological polar surface area (TPSA) is 85.1 Å². The third-order valence-corrected chi connectivity index (χ3v) is 5.28. The van der Waals surface area contributed by atoms with E-state index < -0.39 is 0 Å². The van der Waals surface area contributed by atoms with Crippen molar-refractivity contribution in [2.45, 2.75) is 25.7 Å². The van der Waals surface area contributed by atoms with E-state index >= 15 is 0 Å². The van der Waals surface area contributed by atoms with E-state index in [-0.39, 0.29) is 11.7 Å². The highest BCUT2D eigenvalue weighted by atomic mass is 16.5. The number of ketones is 1. The Morgan fingerprint density at radius 2 is 1.83 bits per heavy atom. The predicted molar refractivity (Wildman–Crippen MR) is 114 cm³/mol. The average molecular weight is 397 g/mol. The molecule has 6 heteroatoms. The van der Waals surface area contributed by atoms with Crippen LogP contribution in [0.1, 0.15) is 52.1 Å². The number of fused-ring (bicyclic) bond motifs is 1. The molecule has 30 heavy (non-hydrogen) atoms. The van der Waals surface area contributed by atoms with Gasteiger partial charge < -0.3 is 9.84 Å². The molecule has 0 bridgehead atoms. The van der Waals surface area contributed by atoms with Crippen molar-refractivity contribution < 1.29 is 14.1 Å². The molecule has 0 radical (unpaired) electrons. The molecule has 0 saturated heterocycles. The number of nitrogens with zero attached hydrogens (tertiary/aromatic N) is 2. The minimum atomic E-state index is -0.287. The maximum absolute atomic E-state index is 13.3. The van der Waals surface area contributed by atoms with Gasteiger partial charge in [-0.25, -0.2) is 4.98 Å². The number of carbonyl (C=O) groups excluding carboxylic acids is 2. The molecule has 0 atom stereocenters. The van der Waals surface area contributed by atoms with Crippen molar-refractivity contribution in [2.24, 2.45) is 0 Å². The zero-order valence-electron chi connectivity index (χ0n) is 16.4. The summed E-state index contributed by atoms with van der Waals surface area (Å²) in [7, 11) is 0. The lowest BCUT2D eigenvalue weighted by molar-refractivity contribution is 0.101. The highest BCUT2D eigenvalue weighted by Gasteiger charge is 2.29. The fraction of sp³-hybridized carbons (Fsp3) is 0.167. The Balaban J connectivity index is 1.61. The summed E-state index contributed by atoms with van der Waals surface area (Å²) in [5.74, 6) is 0.0106. The lowest BCUT2D eigenvalue weighted by atomic mass is 10.0. The molecule has 2 aromatic heterocycles. The third kappa shape index (κ3) is 3.37. The monoisotopic (exact) mass is 397 g/mol. The molecule has 5 rings (SSSR count). The lowest BCUT2D eigenvalue weighted by Gasteiger charge is -2.09. The van der Waals surface area contributed by atoms with E-state index in [1.54, 1.807) is 24.3 Å². The first kappa shape index (κ1) is 18.2. The standard InChI is InChI=1S/C24H19N3O3/c1-14(28)17-8-5-9-18(12-17)25-23(29)19-13-20(15-10-11-15)26-24-21(19)22(27-30-24)16-6-3-2-4-7-16/h2-9,12-13,15H,10-11H2,1H3,(H,25,29). The highest BCUT2D eigenvalue weighted by molar-refractivity contribution is 6.15. The molecule has 1 aliphatic rings. The van der Waals surface area contributed by atoms with E-state index in [9.17, 15) is 9.59 Å². The fourth-order valence-electron chi connectivity index (χ4n) is 3.54. The van der Waals surface area contributed by atoms with Crippen molar-refractivity contribution >= 4 is 28.5 Å². The van der Waals surface area contributed by atoms with Crippen molar-refractivity contribution in [1.82, 2.24) is 10.1 Å². The number of hydrogen-bond acceptors (Lipinski definition) is 5. The molecule has 2 heterocycles. The molecular formula is C24H19N3O3. The van der Waals surface area contributed by atoms with Crippen LogP contribution in [-0.4, -0.2) is 21.8 Å². The van der Waals surface area contributed by atoms with Gasteiger partial charge in [0.2, 0.25) is 0 Å². The van der Waals surface area contributed by atoms with Gasteiger partial charge in [-0.05, 0) is 38.0 Å². The minimum absolute atomic E-state index is 0.0566. The van der Waals surface area contributed by atoms with Crippen LogP contribution in [0.15, 0.2) is 65.2 Å². The Morgan fingerprint density at radius 3 is 2.57 bits per heavy atom. The van der Waals surface area contributed by atoms with Crippen LogP contribution in [0.3, 0.4) is 0 Å². The number of pyridine rings is 1. The molecule has 4 aromatic rings. The first-order chi connectivity index (χ1) is 14.6. The predicted octanol–water partition coefficient (Wildman–Crippen LogP) is 5.22. The van der Waals surface area contributed by atoms with Gasteiger partial charge in [0.1, 0.15) is 5.69 Å². The first-order valence-electron chi connectivity index (χ1n) is 9.88. The van der Waals surface area contributed by atoms with E-state index in [4.69, 9.17) is 4.52 Å². The number of aromatic nitrogens is 2. The van der Waals surface area contributed by atoms with Crippen molar-refractivity contribution in [3.05, 3.63) is 77.5 Å². The molecular weight excluding hydrogens is 378 g/mol. The van der Waals surface area contributed by atoms with Gasteiger partial charge >= 0.3 is 0 Å². The summed E-state index contributed by atoms with van der Waals surface area (Å²) in [5, 5.41) is 7.71.